The highest BCUT2D eigenvalue weighted by atomic mass is 16.5. The van der Waals surface area contributed by atoms with Crippen molar-refractivity contribution >= 4 is 0 Å². The van der Waals surface area contributed by atoms with Crippen LogP contribution in [0, 0.1) is 5.92 Å². The molecule has 1 N–H and O–H groups in total. The van der Waals surface area contributed by atoms with Crippen LogP contribution in [0.15, 0.2) is 11.6 Å². The zero-order chi connectivity index (χ0) is 11.3. The minimum Gasteiger partial charge on any atom is -0.381 e. The third-order valence-electron chi connectivity index (χ3n) is 2.61. The molecule has 1 fully saturated rings. The van der Waals surface area contributed by atoms with Gasteiger partial charge in [0.25, 0.3) is 0 Å². The Kier molecular flexibility index (Phi) is 4.81. The molecule has 0 amide bonds. The molecule has 0 radical (unpaired) electrons. The van der Waals surface area contributed by atoms with Crippen LogP contribution in [0.25, 0.3) is 0 Å². The quantitative estimate of drug-likeness (QED) is 0.725. The Balaban J connectivity index is 2.31. The molecular weight excluding hydrogens is 186 g/mol. The Labute approximate surface area is 94.1 Å². The van der Waals surface area contributed by atoms with Gasteiger partial charge in [-0.2, -0.15) is 0 Å². The molecule has 1 aliphatic rings. The fourth-order valence-corrected chi connectivity index (χ4v) is 1.76. The van der Waals surface area contributed by atoms with Crippen molar-refractivity contribution in [1.82, 2.24) is 5.32 Å². The molecular formula is C13H25NO. The minimum absolute atomic E-state index is 0.207. The van der Waals surface area contributed by atoms with Gasteiger partial charge < -0.3 is 10.1 Å². The summed E-state index contributed by atoms with van der Waals surface area (Å²) in [5.41, 5.74) is 1.64. The molecule has 0 aliphatic carbocycles. The lowest BCUT2D eigenvalue weighted by Gasteiger charge is -2.23. The van der Waals surface area contributed by atoms with Crippen LogP contribution in [-0.2, 0) is 4.74 Å². The van der Waals surface area contributed by atoms with Crippen LogP contribution in [0.1, 0.15) is 40.5 Å². The first-order chi connectivity index (χ1) is 6.97. The smallest absolute Gasteiger partial charge is 0.0528 e. The lowest BCUT2D eigenvalue weighted by atomic mass is 9.99. The van der Waals surface area contributed by atoms with Crippen molar-refractivity contribution in [2.45, 2.75) is 46.1 Å². The summed E-state index contributed by atoms with van der Waals surface area (Å²) in [7, 11) is 0. The average Bonchev–Trinajstić information content (AvgIpc) is 2.15. The van der Waals surface area contributed by atoms with E-state index < -0.39 is 0 Å². The third kappa shape index (κ3) is 5.95. The molecule has 1 saturated heterocycles. The Morgan fingerprint density at radius 1 is 1.47 bits per heavy atom. The molecule has 2 heteroatoms. The lowest BCUT2D eigenvalue weighted by molar-refractivity contribution is 0.0707. The SMILES string of the molecule is CC(=CC1CCCOC1)CNC(C)(C)C. The predicted octanol–water partition coefficient (Wildman–Crippen LogP) is 2.75. The summed E-state index contributed by atoms with van der Waals surface area (Å²) in [4.78, 5) is 0. The summed E-state index contributed by atoms with van der Waals surface area (Å²) in [6.45, 7) is 11.6. The summed E-state index contributed by atoms with van der Waals surface area (Å²) in [6, 6.07) is 0. The molecule has 1 unspecified atom stereocenters. The summed E-state index contributed by atoms with van der Waals surface area (Å²) in [5.74, 6) is 0.639. The second-order valence-corrected chi connectivity index (χ2v) is 5.59. The van der Waals surface area contributed by atoms with Crippen LogP contribution in [0.5, 0.6) is 0 Å². The minimum atomic E-state index is 0.207. The van der Waals surface area contributed by atoms with Gasteiger partial charge in [0.05, 0.1) is 6.61 Å². The van der Waals surface area contributed by atoms with E-state index in [1.54, 1.807) is 0 Å². The second-order valence-electron chi connectivity index (χ2n) is 5.59. The van der Waals surface area contributed by atoms with Crippen molar-refractivity contribution < 1.29 is 4.74 Å². The normalized spacial score (nSPS) is 24.3. The number of nitrogens with one attached hydrogen (secondary N) is 1. The van der Waals surface area contributed by atoms with E-state index in [4.69, 9.17) is 4.74 Å². The van der Waals surface area contributed by atoms with Gasteiger partial charge in [-0.05, 0) is 40.5 Å². The first-order valence-corrected chi connectivity index (χ1v) is 5.97. The van der Waals surface area contributed by atoms with Gasteiger partial charge in [0.2, 0.25) is 0 Å². The van der Waals surface area contributed by atoms with E-state index in [-0.39, 0.29) is 5.54 Å². The molecule has 0 spiro atoms. The van der Waals surface area contributed by atoms with Crippen LogP contribution in [0.2, 0.25) is 0 Å². The van der Waals surface area contributed by atoms with Crippen molar-refractivity contribution in [1.29, 1.82) is 0 Å². The van der Waals surface area contributed by atoms with Gasteiger partial charge in [-0.1, -0.05) is 11.6 Å². The first-order valence-electron chi connectivity index (χ1n) is 5.97. The topological polar surface area (TPSA) is 21.3 Å². The van der Waals surface area contributed by atoms with Crippen LogP contribution in [-0.4, -0.2) is 25.3 Å². The van der Waals surface area contributed by atoms with Gasteiger partial charge in [0.1, 0.15) is 0 Å². The number of ether oxygens (including phenoxy) is 1. The van der Waals surface area contributed by atoms with E-state index >= 15 is 0 Å². The monoisotopic (exact) mass is 211 g/mol. The van der Waals surface area contributed by atoms with Gasteiger partial charge in [-0.3, -0.25) is 0 Å². The summed E-state index contributed by atoms with van der Waals surface area (Å²) in [6.07, 6.45) is 4.87. The molecule has 88 valence electrons. The van der Waals surface area contributed by atoms with E-state index in [1.165, 1.54) is 18.4 Å². The molecule has 0 aromatic rings. The molecule has 0 saturated carbocycles. The van der Waals surface area contributed by atoms with Crippen molar-refractivity contribution in [3.05, 3.63) is 11.6 Å². The Morgan fingerprint density at radius 2 is 2.20 bits per heavy atom. The number of rotatable bonds is 3. The van der Waals surface area contributed by atoms with E-state index in [9.17, 15) is 0 Å². The maximum atomic E-state index is 5.46. The van der Waals surface area contributed by atoms with Crippen molar-refractivity contribution in [3.63, 3.8) is 0 Å². The molecule has 1 heterocycles. The van der Waals surface area contributed by atoms with Crippen LogP contribution in [0.3, 0.4) is 0 Å². The van der Waals surface area contributed by atoms with Crippen molar-refractivity contribution in [2.75, 3.05) is 19.8 Å². The third-order valence-corrected chi connectivity index (χ3v) is 2.61. The summed E-state index contributed by atoms with van der Waals surface area (Å²) in [5, 5.41) is 3.50. The average molecular weight is 211 g/mol. The maximum absolute atomic E-state index is 5.46. The standard InChI is InChI=1S/C13H25NO/c1-11(9-14-13(2,3)4)8-12-6-5-7-15-10-12/h8,12,14H,5-7,9-10H2,1-4H3. The molecule has 1 rings (SSSR count). The molecule has 0 aromatic heterocycles. The first kappa shape index (κ1) is 12.7. The molecule has 1 aliphatic heterocycles. The maximum Gasteiger partial charge on any atom is 0.0528 e. The molecule has 0 bridgehead atoms. The van der Waals surface area contributed by atoms with E-state index in [0.717, 1.165) is 19.8 Å². The zero-order valence-corrected chi connectivity index (χ0v) is 10.6. The Morgan fingerprint density at radius 3 is 2.73 bits per heavy atom. The van der Waals surface area contributed by atoms with Gasteiger partial charge in [0, 0.05) is 24.6 Å². The fraction of sp³-hybridized carbons (Fsp3) is 0.846. The number of hydrogen-bond donors (Lipinski definition) is 1. The molecule has 2 nitrogen and oxygen atoms in total. The predicted molar refractivity (Wildman–Crippen MR) is 65.1 cm³/mol. The summed E-state index contributed by atoms with van der Waals surface area (Å²) < 4.78 is 5.46. The highest BCUT2D eigenvalue weighted by Gasteiger charge is 2.12. The van der Waals surface area contributed by atoms with Gasteiger partial charge in [0.15, 0.2) is 0 Å². The highest BCUT2D eigenvalue weighted by molar-refractivity contribution is 5.04. The van der Waals surface area contributed by atoms with Crippen molar-refractivity contribution in [2.24, 2.45) is 5.92 Å². The van der Waals surface area contributed by atoms with Gasteiger partial charge in [-0.25, -0.2) is 0 Å². The Bertz CT molecular complexity index is 209. The van der Waals surface area contributed by atoms with Crippen LogP contribution >= 0.6 is 0 Å². The molecule has 15 heavy (non-hydrogen) atoms. The second kappa shape index (κ2) is 5.66. The van der Waals surface area contributed by atoms with Crippen LogP contribution in [0.4, 0.5) is 0 Å². The van der Waals surface area contributed by atoms with E-state index in [2.05, 4.69) is 39.1 Å². The summed E-state index contributed by atoms with van der Waals surface area (Å²) >= 11 is 0. The molecule has 0 aromatic carbocycles. The largest absolute Gasteiger partial charge is 0.381 e. The number of hydrogen-bond acceptors (Lipinski definition) is 2. The highest BCUT2D eigenvalue weighted by Crippen LogP contribution is 2.16. The van der Waals surface area contributed by atoms with Crippen LogP contribution < -0.4 is 5.32 Å². The van der Waals surface area contributed by atoms with E-state index in [1.807, 2.05) is 0 Å². The lowest BCUT2D eigenvalue weighted by Crippen LogP contribution is -2.36. The van der Waals surface area contributed by atoms with Gasteiger partial charge >= 0.3 is 0 Å². The van der Waals surface area contributed by atoms with Crippen molar-refractivity contribution in [3.8, 4) is 0 Å². The fourth-order valence-electron chi connectivity index (χ4n) is 1.76. The van der Waals surface area contributed by atoms with E-state index in [0.29, 0.717) is 5.92 Å². The molecule has 1 atom stereocenters. The Hall–Kier alpha value is -0.340. The zero-order valence-electron chi connectivity index (χ0n) is 10.6. The van der Waals surface area contributed by atoms with Gasteiger partial charge in [-0.15, -0.1) is 0 Å².